The van der Waals surface area contributed by atoms with E-state index in [0.29, 0.717) is 23.9 Å². The minimum atomic E-state index is -0.158. The summed E-state index contributed by atoms with van der Waals surface area (Å²) < 4.78 is 0. The van der Waals surface area contributed by atoms with Crippen LogP contribution >= 0.6 is 11.6 Å². The lowest BCUT2D eigenvalue weighted by Gasteiger charge is -2.35. The maximum atomic E-state index is 12.9. The molecular weight excluding hydrogens is 366 g/mol. The fourth-order valence-electron chi connectivity index (χ4n) is 3.00. The van der Waals surface area contributed by atoms with Crippen molar-refractivity contribution < 1.29 is 4.79 Å². The third-order valence-corrected chi connectivity index (χ3v) is 4.61. The number of H-pyrrole nitrogens is 1. The van der Waals surface area contributed by atoms with Crippen LogP contribution in [0.3, 0.4) is 0 Å². The van der Waals surface area contributed by atoms with Crippen LogP contribution in [0.25, 0.3) is 0 Å². The summed E-state index contributed by atoms with van der Waals surface area (Å²) in [6.07, 6.45) is 1.77. The highest BCUT2D eigenvalue weighted by Crippen LogP contribution is 2.22. The van der Waals surface area contributed by atoms with Gasteiger partial charge in [0.1, 0.15) is 5.82 Å². The normalized spacial score (nSPS) is 14.3. The van der Waals surface area contributed by atoms with E-state index in [4.69, 9.17) is 11.6 Å². The SMILES string of the molecule is O=C(c1n[nH]nc1Nc1cccc(Cl)c1)N1CCN(c2ccccn2)CC1. The smallest absolute Gasteiger partial charge is 0.278 e. The number of hydrogen-bond acceptors (Lipinski definition) is 6. The van der Waals surface area contributed by atoms with Gasteiger partial charge in [-0.05, 0) is 30.3 Å². The van der Waals surface area contributed by atoms with E-state index in [-0.39, 0.29) is 11.6 Å². The number of halogens is 1. The number of piperazine rings is 1. The highest BCUT2D eigenvalue weighted by atomic mass is 35.5. The number of nitrogens with one attached hydrogen (secondary N) is 2. The summed E-state index contributed by atoms with van der Waals surface area (Å²) in [4.78, 5) is 21.2. The number of hydrogen-bond donors (Lipinski definition) is 2. The molecule has 0 saturated carbocycles. The average Bonchev–Trinajstić information content (AvgIpc) is 3.16. The second kappa shape index (κ2) is 7.63. The van der Waals surface area contributed by atoms with Crippen LogP contribution in [0, 0.1) is 0 Å². The molecule has 0 unspecified atom stereocenters. The van der Waals surface area contributed by atoms with Crippen molar-refractivity contribution in [2.75, 3.05) is 36.4 Å². The molecule has 9 heteroatoms. The molecule has 138 valence electrons. The number of amides is 1. The van der Waals surface area contributed by atoms with Gasteiger partial charge in [0.15, 0.2) is 11.5 Å². The lowest BCUT2D eigenvalue weighted by molar-refractivity contribution is 0.0741. The Morgan fingerprint density at radius 1 is 1.07 bits per heavy atom. The highest BCUT2D eigenvalue weighted by Gasteiger charge is 2.27. The topological polar surface area (TPSA) is 90.0 Å². The van der Waals surface area contributed by atoms with Crippen LogP contribution in [0.15, 0.2) is 48.7 Å². The number of pyridine rings is 1. The van der Waals surface area contributed by atoms with E-state index in [1.807, 2.05) is 30.3 Å². The van der Waals surface area contributed by atoms with Gasteiger partial charge in [-0.3, -0.25) is 4.79 Å². The molecule has 0 radical (unpaired) electrons. The summed E-state index contributed by atoms with van der Waals surface area (Å²) in [5.41, 5.74) is 1.01. The molecule has 27 heavy (non-hydrogen) atoms. The first kappa shape index (κ1) is 17.3. The Balaban J connectivity index is 1.43. The van der Waals surface area contributed by atoms with Gasteiger partial charge in [0.25, 0.3) is 5.91 Å². The summed E-state index contributed by atoms with van der Waals surface area (Å²) in [5, 5.41) is 14.3. The highest BCUT2D eigenvalue weighted by molar-refractivity contribution is 6.30. The zero-order valence-electron chi connectivity index (χ0n) is 14.5. The molecule has 1 saturated heterocycles. The molecule has 2 aromatic heterocycles. The summed E-state index contributed by atoms with van der Waals surface area (Å²) >= 11 is 6.00. The van der Waals surface area contributed by atoms with Gasteiger partial charge in [-0.25, -0.2) is 4.98 Å². The number of aromatic nitrogens is 4. The average molecular weight is 384 g/mol. The van der Waals surface area contributed by atoms with Crippen molar-refractivity contribution in [1.29, 1.82) is 0 Å². The van der Waals surface area contributed by atoms with Crippen molar-refractivity contribution in [1.82, 2.24) is 25.3 Å². The van der Waals surface area contributed by atoms with Crippen molar-refractivity contribution in [3.05, 3.63) is 59.4 Å². The Morgan fingerprint density at radius 2 is 1.93 bits per heavy atom. The van der Waals surface area contributed by atoms with Crippen molar-refractivity contribution in [2.45, 2.75) is 0 Å². The standard InChI is InChI=1S/C18H18ClN7O/c19-13-4-3-5-14(12-13)21-17-16(22-24-23-17)18(27)26-10-8-25(9-11-26)15-6-1-2-7-20-15/h1-7,12H,8-11H2,(H2,21,22,23,24). The summed E-state index contributed by atoms with van der Waals surface area (Å²) in [5.74, 6) is 1.15. The molecular formula is C18H18ClN7O. The van der Waals surface area contributed by atoms with Gasteiger partial charge in [0.2, 0.25) is 0 Å². The maximum absolute atomic E-state index is 12.9. The third kappa shape index (κ3) is 3.85. The largest absolute Gasteiger partial charge is 0.353 e. The van der Waals surface area contributed by atoms with E-state index in [9.17, 15) is 4.79 Å². The predicted octanol–water partition coefficient (Wildman–Crippen LogP) is 2.56. The Kier molecular flexibility index (Phi) is 4.88. The quantitative estimate of drug-likeness (QED) is 0.719. The van der Waals surface area contributed by atoms with Crippen LogP contribution in [0.1, 0.15) is 10.5 Å². The molecule has 0 spiro atoms. The number of carbonyl (C=O) groups excluding carboxylic acids is 1. The molecule has 0 atom stereocenters. The molecule has 8 nitrogen and oxygen atoms in total. The minimum Gasteiger partial charge on any atom is -0.353 e. The third-order valence-electron chi connectivity index (χ3n) is 4.38. The first-order valence-corrected chi connectivity index (χ1v) is 8.97. The Morgan fingerprint density at radius 3 is 2.67 bits per heavy atom. The minimum absolute atomic E-state index is 0.158. The van der Waals surface area contributed by atoms with Gasteiger partial charge >= 0.3 is 0 Å². The molecule has 3 heterocycles. The number of anilines is 3. The van der Waals surface area contributed by atoms with Gasteiger partial charge in [0, 0.05) is 43.1 Å². The van der Waals surface area contributed by atoms with Crippen LogP contribution in [0.5, 0.6) is 0 Å². The van der Waals surface area contributed by atoms with Crippen LogP contribution < -0.4 is 10.2 Å². The van der Waals surface area contributed by atoms with E-state index >= 15 is 0 Å². The van der Waals surface area contributed by atoms with Crippen LogP contribution in [-0.4, -0.2) is 57.4 Å². The molecule has 1 amide bonds. The molecule has 1 aliphatic heterocycles. The summed E-state index contributed by atoms with van der Waals surface area (Å²) in [6.45, 7) is 2.63. The Hall–Kier alpha value is -3.13. The molecule has 1 aromatic carbocycles. The molecule has 3 aromatic rings. The van der Waals surface area contributed by atoms with Gasteiger partial charge in [0.05, 0.1) is 0 Å². The second-order valence-electron chi connectivity index (χ2n) is 6.12. The van der Waals surface area contributed by atoms with Gasteiger partial charge in [-0.15, -0.1) is 10.2 Å². The molecule has 4 rings (SSSR count). The number of rotatable bonds is 4. The Bertz CT molecular complexity index is 922. The van der Waals surface area contributed by atoms with Crippen LogP contribution in [0.2, 0.25) is 5.02 Å². The van der Waals surface area contributed by atoms with E-state index in [2.05, 4.69) is 30.6 Å². The lowest BCUT2D eigenvalue weighted by atomic mass is 10.2. The van der Waals surface area contributed by atoms with Gasteiger partial charge < -0.3 is 15.1 Å². The number of nitrogens with zero attached hydrogens (tertiary/aromatic N) is 5. The number of carbonyl (C=O) groups is 1. The van der Waals surface area contributed by atoms with E-state index in [0.717, 1.165) is 24.6 Å². The molecule has 2 N–H and O–H groups in total. The molecule has 0 aliphatic carbocycles. The first-order chi connectivity index (χ1) is 13.2. The second-order valence-corrected chi connectivity index (χ2v) is 6.56. The van der Waals surface area contributed by atoms with Crippen molar-refractivity contribution in [2.24, 2.45) is 0 Å². The first-order valence-electron chi connectivity index (χ1n) is 8.59. The van der Waals surface area contributed by atoms with E-state index in [1.165, 1.54) is 0 Å². The predicted molar refractivity (Wildman–Crippen MR) is 103 cm³/mol. The van der Waals surface area contributed by atoms with Crippen LogP contribution in [0.4, 0.5) is 17.3 Å². The van der Waals surface area contributed by atoms with Crippen LogP contribution in [-0.2, 0) is 0 Å². The van der Waals surface area contributed by atoms with Gasteiger partial charge in [-0.2, -0.15) is 5.21 Å². The summed E-state index contributed by atoms with van der Waals surface area (Å²) in [7, 11) is 0. The number of benzene rings is 1. The van der Waals surface area contributed by atoms with E-state index in [1.54, 1.807) is 23.2 Å². The number of aromatic amines is 1. The zero-order valence-corrected chi connectivity index (χ0v) is 15.2. The monoisotopic (exact) mass is 383 g/mol. The van der Waals surface area contributed by atoms with Crippen molar-refractivity contribution >= 4 is 34.8 Å². The van der Waals surface area contributed by atoms with Crippen molar-refractivity contribution in [3.8, 4) is 0 Å². The molecule has 0 bridgehead atoms. The molecule has 1 aliphatic rings. The fourth-order valence-corrected chi connectivity index (χ4v) is 3.19. The molecule has 1 fully saturated rings. The fraction of sp³-hybridized carbons (Fsp3) is 0.222. The summed E-state index contributed by atoms with van der Waals surface area (Å²) in [6, 6.07) is 13.0. The van der Waals surface area contributed by atoms with Crippen molar-refractivity contribution in [3.63, 3.8) is 0 Å². The Labute approximate surface area is 161 Å². The maximum Gasteiger partial charge on any atom is 0.278 e. The van der Waals surface area contributed by atoms with Gasteiger partial charge in [-0.1, -0.05) is 23.7 Å². The lowest BCUT2D eigenvalue weighted by Crippen LogP contribution is -2.49. The zero-order chi connectivity index (χ0) is 18.6. The van der Waals surface area contributed by atoms with E-state index < -0.39 is 0 Å².